The van der Waals surface area contributed by atoms with E-state index in [1.165, 1.54) is 6.08 Å². The average Bonchev–Trinajstić information content (AvgIpc) is 3.59. The van der Waals surface area contributed by atoms with Crippen LogP contribution in [0.4, 0.5) is 5.69 Å². The molecule has 1 saturated carbocycles. The van der Waals surface area contributed by atoms with Gasteiger partial charge in [0, 0.05) is 40.8 Å². The number of nitrogens with one attached hydrogen (secondary N) is 2. The second-order valence-electron chi connectivity index (χ2n) is 9.25. The van der Waals surface area contributed by atoms with Crippen LogP contribution in [0.1, 0.15) is 59.7 Å². The van der Waals surface area contributed by atoms with Crippen LogP contribution < -0.4 is 15.4 Å². The number of allylic oxidation sites excluding steroid dienone is 1. The third kappa shape index (κ3) is 5.25. The van der Waals surface area contributed by atoms with Crippen LogP contribution in [0, 0.1) is 17.2 Å². The molecule has 1 aliphatic heterocycles. The zero-order chi connectivity index (χ0) is 25.7. The molecule has 186 valence electrons. The van der Waals surface area contributed by atoms with Gasteiger partial charge in [0.1, 0.15) is 5.75 Å². The summed E-state index contributed by atoms with van der Waals surface area (Å²) in [5, 5.41) is 24.1. The molecule has 8 nitrogen and oxygen atoms in total. The summed E-state index contributed by atoms with van der Waals surface area (Å²) in [5.41, 5.74) is 2.65. The van der Waals surface area contributed by atoms with Crippen molar-refractivity contribution in [2.24, 2.45) is 5.92 Å². The monoisotopic (exact) mass is 487 g/mol. The summed E-state index contributed by atoms with van der Waals surface area (Å²) < 4.78 is 5.84. The number of unbranched alkanes of at least 4 members (excludes halogenated alkanes) is 1. The van der Waals surface area contributed by atoms with E-state index in [0.717, 1.165) is 24.5 Å². The molecule has 4 rings (SSSR count). The van der Waals surface area contributed by atoms with Crippen molar-refractivity contribution in [3.05, 3.63) is 70.8 Å². The summed E-state index contributed by atoms with van der Waals surface area (Å²) in [6.45, 7) is 3.18. The van der Waals surface area contributed by atoms with Gasteiger partial charge in [-0.1, -0.05) is 25.5 Å². The number of hydrogen-bond donors (Lipinski definition) is 3. The van der Waals surface area contributed by atoms with Crippen LogP contribution in [0.25, 0.3) is 0 Å². The molecule has 2 aromatic rings. The molecule has 36 heavy (non-hydrogen) atoms. The number of benzene rings is 2. The number of nitriles is 1. The van der Waals surface area contributed by atoms with Crippen LogP contribution in [0.2, 0.25) is 0 Å². The first-order valence-electron chi connectivity index (χ1n) is 12.2. The number of carboxylic acids is 1. The van der Waals surface area contributed by atoms with Crippen molar-refractivity contribution in [3.63, 3.8) is 0 Å². The number of carbonyl (C=O) groups is 3. The second kappa shape index (κ2) is 10.6. The van der Waals surface area contributed by atoms with E-state index in [2.05, 4.69) is 23.6 Å². The van der Waals surface area contributed by atoms with E-state index in [1.807, 2.05) is 12.1 Å². The Hall–Kier alpha value is -4.12. The van der Waals surface area contributed by atoms with Crippen LogP contribution in [0.15, 0.2) is 48.6 Å². The Bertz CT molecular complexity index is 1260. The van der Waals surface area contributed by atoms with Crippen LogP contribution in [-0.2, 0) is 21.4 Å². The number of amides is 2. The fourth-order valence-corrected chi connectivity index (χ4v) is 4.81. The highest BCUT2D eigenvalue weighted by molar-refractivity contribution is 5.98. The van der Waals surface area contributed by atoms with E-state index in [-0.39, 0.29) is 17.7 Å². The highest BCUT2D eigenvalue weighted by Gasteiger charge is 2.61. The van der Waals surface area contributed by atoms with Gasteiger partial charge < -0.3 is 20.5 Å². The molecule has 2 amide bonds. The molecule has 2 aromatic carbocycles. The van der Waals surface area contributed by atoms with Crippen LogP contribution in [-0.4, -0.2) is 36.0 Å². The van der Waals surface area contributed by atoms with E-state index in [1.54, 1.807) is 24.3 Å². The van der Waals surface area contributed by atoms with E-state index in [9.17, 15) is 19.6 Å². The zero-order valence-electron chi connectivity index (χ0n) is 20.2. The summed E-state index contributed by atoms with van der Waals surface area (Å²) in [7, 11) is 0. The lowest BCUT2D eigenvalue weighted by molar-refractivity contribution is -0.131. The van der Waals surface area contributed by atoms with Gasteiger partial charge in [0.05, 0.1) is 18.2 Å². The largest absolute Gasteiger partial charge is 0.493 e. The molecule has 1 spiro atoms. The number of carboxylic acid groups (broad SMARTS) is 1. The molecule has 8 heteroatoms. The van der Waals surface area contributed by atoms with Crippen molar-refractivity contribution < 1.29 is 24.2 Å². The van der Waals surface area contributed by atoms with Gasteiger partial charge in [0.15, 0.2) is 0 Å². The fourth-order valence-electron chi connectivity index (χ4n) is 4.81. The molecular weight excluding hydrogens is 458 g/mol. The Balaban J connectivity index is 1.54. The maximum Gasteiger partial charge on any atom is 0.327 e. The lowest BCUT2D eigenvalue weighted by atomic mass is 9.86. The minimum Gasteiger partial charge on any atom is -0.493 e. The number of nitrogens with zero attached hydrogens (tertiary/aromatic N) is 1. The number of rotatable bonds is 9. The number of hydrogen-bond acceptors (Lipinski definition) is 5. The van der Waals surface area contributed by atoms with E-state index >= 15 is 0 Å². The quantitative estimate of drug-likeness (QED) is 0.363. The Morgan fingerprint density at radius 3 is 2.83 bits per heavy atom. The Kier molecular flexibility index (Phi) is 7.39. The molecule has 0 aromatic heterocycles. The topological polar surface area (TPSA) is 129 Å². The zero-order valence-corrected chi connectivity index (χ0v) is 20.2. The van der Waals surface area contributed by atoms with E-state index < -0.39 is 11.4 Å². The Morgan fingerprint density at radius 1 is 1.25 bits per heavy atom. The summed E-state index contributed by atoms with van der Waals surface area (Å²) >= 11 is 0. The van der Waals surface area contributed by atoms with Crippen molar-refractivity contribution in [1.29, 1.82) is 5.26 Å². The number of ether oxygens (including phenoxy) is 1. The third-order valence-electron chi connectivity index (χ3n) is 6.89. The predicted octanol–water partition coefficient (Wildman–Crippen LogP) is 3.95. The molecule has 1 heterocycles. The highest BCUT2D eigenvalue weighted by atomic mass is 16.5. The molecule has 0 radical (unpaired) electrons. The van der Waals surface area contributed by atoms with Gasteiger partial charge >= 0.3 is 5.97 Å². The smallest absolute Gasteiger partial charge is 0.327 e. The minimum atomic E-state index is -1.05. The van der Waals surface area contributed by atoms with Gasteiger partial charge in [0.2, 0.25) is 5.91 Å². The Morgan fingerprint density at radius 2 is 2.08 bits per heavy atom. The van der Waals surface area contributed by atoms with Gasteiger partial charge in [-0.15, -0.1) is 0 Å². The standard InChI is InChI=1S/C28H29N3O5/c1-2-3-12-30-26(34)20-9-10-24-21(15-20)28(11-13-36-24)16-22(28)27(35)31-23-14-18(17-29)7-8-19(23)5-4-6-25(32)33/h4,6-10,14-15,22H,2-3,5,11-13,16H2,1H3,(H,30,34)(H,31,35)(H,32,33)/t22-,28-/m0/s1. The molecule has 0 unspecified atom stereocenters. The van der Waals surface area contributed by atoms with Crippen molar-refractivity contribution in [1.82, 2.24) is 5.32 Å². The molecule has 2 aliphatic rings. The lowest BCUT2D eigenvalue weighted by Gasteiger charge is -2.27. The predicted molar refractivity (Wildman–Crippen MR) is 134 cm³/mol. The molecule has 1 aliphatic carbocycles. The van der Waals surface area contributed by atoms with Gasteiger partial charge in [-0.3, -0.25) is 9.59 Å². The maximum absolute atomic E-state index is 13.4. The van der Waals surface area contributed by atoms with Gasteiger partial charge in [-0.25, -0.2) is 4.79 Å². The highest BCUT2D eigenvalue weighted by Crippen LogP contribution is 2.61. The third-order valence-corrected chi connectivity index (χ3v) is 6.89. The number of anilines is 1. The van der Waals surface area contributed by atoms with E-state index in [0.29, 0.717) is 60.5 Å². The number of fused-ring (bicyclic) bond motifs is 2. The summed E-state index contributed by atoms with van der Waals surface area (Å²) in [6.07, 6.45) is 6.07. The lowest BCUT2D eigenvalue weighted by Crippen LogP contribution is -2.28. The van der Waals surface area contributed by atoms with Crippen molar-refractivity contribution >= 4 is 23.5 Å². The molecule has 0 saturated heterocycles. The van der Waals surface area contributed by atoms with Gasteiger partial charge in [0.25, 0.3) is 5.91 Å². The van der Waals surface area contributed by atoms with E-state index in [4.69, 9.17) is 9.84 Å². The van der Waals surface area contributed by atoms with Crippen LogP contribution >= 0.6 is 0 Å². The SMILES string of the molecule is CCCCNC(=O)c1ccc2c(c1)[C@]1(CCO2)C[C@H]1C(=O)Nc1cc(C#N)ccc1CC=CC(=O)O. The fraction of sp³-hybridized carbons (Fsp3) is 0.357. The van der Waals surface area contributed by atoms with Gasteiger partial charge in [-0.05, 0) is 61.6 Å². The summed E-state index contributed by atoms with van der Waals surface area (Å²) in [6, 6.07) is 12.4. The number of carbonyl (C=O) groups excluding carboxylic acids is 2. The average molecular weight is 488 g/mol. The first-order chi connectivity index (χ1) is 17.4. The summed E-state index contributed by atoms with van der Waals surface area (Å²) in [4.78, 5) is 36.8. The molecule has 0 bridgehead atoms. The second-order valence-corrected chi connectivity index (χ2v) is 9.25. The maximum atomic E-state index is 13.4. The van der Waals surface area contributed by atoms with Crippen molar-refractivity contribution in [3.8, 4) is 11.8 Å². The molecule has 1 fully saturated rings. The first-order valence-corrected chi connectivity index (χ1v) is 12.2. The van der Waals surface area contributed by atoms with Crippen molar-refractivity contribution in [2.75, 3.05) is 18.5 Å². The first kappa shape index (κ1) is 25.0. The molecule has 2 atom stereocenters. The van der Waals surface area contributed by atoms with Gasteiger partial charge in [-0.2, -0.15) is 5.26 Å². The number of aliphatic carboxylic acids is 1. The summed E-state index contributed by atoms with van der Waals surface area (Å²) in [5.74, 6) is -0.953. The molecule has 3 N–H and O–H groups in total. The van der Waals surface area contributed by atoms with Crippen LogP contribution in [0.5, 0.6) is 5.75 Å². The van der Waals surface area contributed by atoms with Crippen LogP contribution in [0.3, 0.4) is 0 Å². The normalized spacial score (nSPS) is 19.7. The minimum absolute atomic E-state index is 0.138. The van der Waals surface area contributed by atoms with Crippen molar-refractivity contribution in [2.45, 2.75) is 44.4 Å². The Labute approximate surface area is 210 Å². The molecular formula is C28H29N3O5.